The van der Waals surface area contributed by atoms with E-state index in [0.29, 0.717) is 16.1 Å². The van der Waals surface area contributed by atoms with Crippen molar-refractivity contribution in [1.29, 1.82) is 0 Å². The molecule has 3 aromatic rings. The van der Waals surface area contributed by atoms with Crippen LogP contribution < -0.4 is 28.7 Å². The molecule has 178 valence electrons. The number of hydrogen-bond acceptors (Lipinski definition) is 6. The summed E-state index contributed by atoms with van der Waals surface area (Å²) in [7, 11) is 6.00. The Hall–Kier alpha value is -2.32. The molecule has 2 aromatic carbocycles. The van der Waals surface area contributed by atoms with E-state index >= 15 is 0 Å². The van der Waals surface area contributed by atoms with Gasteiger partial charge in [-0.3, -0.25) is 5.10 Å². The first kappa shape index (κ1) is 26.9. The Kier molecular flexibility index (Phi) is 9.14. The summed E-state index contributed by atoms with van der Waals surface area (Å²) in [5, 5.41) is 10.6. The maximum absolute atomic E-state index is 12.3. The fourth-order valence-electron chi connectivity index (χ4n) is 2.58. The van der Waals surface area contributed by atoms with Gasteiger partial charge in [-0.2, -0.15) is 0 Å². The number of hydrogen-bond donors (Lipinski definition) is 1. The van der Waals surface area contributed by atoms with Crippen molar-refractivity contribution in [3.8, 4) is 16.9 Å². The summed E-state index contributed by atoms with van der Waals surface area (Å²) in [6, 6.07) is 12.9. The minimum Gasteiger partial charge on any atom is -1.00 e. The molecule has 12 heteroatoms. The number of quaternary nitrogens is 1. The highest BCUT2D eigenvalue weighted by molar-refractivity contribution is 7.99. The van der Waals surface area contributed by atoms with Crippen LogP contribution in [0.2, 0.25) is 0 Å². The first-order valence-corrected chi connectivity index (χ1v) is 10.3. The summed E-state index contributed by atoms with van der Waals surface area (Å²) < 4.78 is 46.7. The van der Waals surface area contributed by atoms with Gasteiger partial charge >= 0.3 is 12.3 Å². The lowest BCUT2D eigenvalue weighted by Gasteiger charge is -2.23. The van der Waals surface area contributed by atoms with Gasteiger partial charge in [-0.15, -0.1) is 18.3 Å². The third-order valence-corrected chi connectivity index (χ3v) is 5.19. The summed E-state index contributed by atoms with van der Waals surface area (Å²) in [4.78, 5) is 13.1. The second-order valence-electron chi connectivity index (χ2n) is 7.84. The van der Waals surface area contributed by atoms with Crippen LogP contribution in [-0.2, 0) is 4.74 Å². The molecule has 0 atom stereocenters. The molecular weight excluding hydrogens is 572 g/mol. The Balaban J connectivity index is 0.00000385. The lowest BCUT2D eigenvalue weighted by molar-refractivity contribution is -0.870. The van der Waals surface area contributed by atoms with Crippen molar-refractivity contribution in [3.63, 3.8) is 0 Å². The first-order chi connectivity index (χ1) is 15.0. The molecule has 33 heavy (non-hydrogen) atoms. The monoisotopic (exact) mass is 594 g/mol. The van der Waals surface area contributed by atoms with Crippen molar-refractivity contribution < 1.29 is 55.9 Å². The smallest absolute Gasteiger partial charge is 0.573 e. The van der Waals surface area contributed by atoms with Crippen LogP contribution in [0.4, 0.5) is 13.2 Å². The average Bonchev–Trinajstić information content (AvgIpc) is 3.15. The van der Waals surface area contributed by atoms with Gasteiger partial charge in [0.15, 0.2) is 10.7 Å². The second kappa shape index (κ2) is 11.2. The maximum atomic E-state index is 12.3. The van der Waals surface area contributed by atoms with E-state index in [2.05, 4.69) is 20.1 Å². The van der Waals surface area contributed by atoms with Gasteiger partial charge < -0.3 is 37.9 Å². The Bertz CT molecular complexity index is 1050. The molecule has 7 nitrogen and oxygen atoms in total. The number of nitrogens with one attached hydrogen (secondary N) is 1. The molecule has 0 fully saturated rings. The van der Waals surface area contributed by atoms with E-state index in [-0.39, 0.29) is 42.0 Å². The van der Waals surface area contributed by atoms with Gasteiger partial charge in [-0.25, -0.2) is 4.79 Å². The molecule has 1 aromatic heterocycles. The normalized spacial score (nSPS) is 11.6. The van der Waals surface area contributed by atoms with Gasteiger partial charge in [0.1, 0.15) is 18.9 Å². The summed E-state index contributed by atoms with van der Waals surface area (Å²) >= 11 is 1.25. The van der Waals surface area contributed by atoms with Crippen LogP contribution in [-0.4, -0.2) is 66.5 Å². The van der Waals surface area contributed by atoms with E-state index in [9.17, 15) is 18.0 Å². The van der Waals surface area contributed by atoms with Crippen molar-refractivity contribution in [2.24, 2.45) is 0 Å². The van der Waals surface area contributed by atoms with E-state index in [1.807, 2.05) is 45.4 Å². The van der Waals surface area contributed by atoms with Crippen LogP contribution in [0.25, 0.3) is 11.1 Å². The minimum atomic E-state index is -4.72. The molecule has 0 aliphatic carbocycles. The molecule has 0 saturated heterocycles. The van der Waals surface area contributed by atoms with Gasteiger partial charge in [-0.05, 0) is 35.4 Å². The molecule has 1 heterocycles. The number of benzene rings is 2. The number of esters is 1. The number of rotatable bonds is 8. The summed E-state index contributed by atoms with van der Waals surface area (Å²) in [6.45, 7) is 0.938. The van der Waals surface area contributed by atoms with Crippen LogP contribution in [0.15, 0.2) is 58.5 Å². The van der Waals surface area contributed by atoms with E-state index in [4.69, 9.17) is 4.74 Å². The molecule has 0 aliphatic heterocycles. The lowest BCUT2D eigenvalue weighted by atomic mass is 10.1. The van der Waals surface area contributed by atoms with Crippen molar-refractivity contribution in [3.05, 3.63) is 54.2 Å². The Labute approximate surface area is 210 Å². The molecule has 0 spiro atoms. The number of halogens is 4. The zero-order valence-electron chi connectivity index (χ0n) is 18.0. The van der Waals surface area contributed by atoms with Gasteiger partial charge in [-0.1, -0.05) is 41.2 Å². The maximum Gasteiger partial charge on any atom is 0.573 e. The number of likely N-dealkylation sites (N-methyl/N-ethyl adjacent to an activating group) is 1. The Morgan fingerprint density at radius 2 is 1.61 bits per heavy atom. The molecule has 3 rings (SSSR count). The Morgan fingerprint density at radius 3 is 2.15 bits per heavy atom. The van der Waals surface area contributed by atoms with Crippen LogP contribution in [0.1, 0.15) is 10.5 Å². The molecule has 0 saturated carbocycles. The highest BCUT2D eigenvalue weighted by Gasteiger charge is 2.31. The first-order valence-electron chi connectivity index (χ1n) is 9.53. The van der Waals surface area contributed by atoms with Crippen LogP contribution in [0.3, 0.4) is 0 Å². The predicted molar refractivity (Wildman–Crippen MR) is 112 cm³/mol. The van der Waals surface area contributed by atoms with E-state index in [0.717, 1.165) is 16.0 Å². The predicted octanol–water partition coefficient (Wildman–Crippen LogP) is 1.39. The number of H-pyrrole nitrogens is 1. The van der Waals surface area contributed by atoms with E-state index in [1.165, 1.54) is 23.9 Å². The largest absolute Gasteiger partial charge is 1.00 e. The van der Waals surface area contributed by atoms with Gasteiger partial charge in [0.25, 0.3) is 0 Å². The number of alkyl halides is 3. The number of carbonyl (C=O) groups excluding carboxylic acids is 1. The van der Waals surface area contributed by atoms with Crippen molar-refractivity contribution in [2.75, 3.05) is 34.3 Å². The van der Waals surface area contributed by atoms with Gasteiger partial charge in [0.05, 0.1) is 21.1 Å². The quantitative estimate of drug-likeness (QED) is 0.242. The number of nitrogens with zero attached hydrogens (tertiary/aromatic N) is 3. The lowest BCUT2D eigenvalue weighted by Crippen LogP contribution is -3.00. The number of aromatic amines is 1. The van der Waals surface area contributed by atoms with Gasteiger partial charge in [0.2, 0.25) is 0 Å². The van der Waals surface area contributed by atoms with Crippen molar-refractivity contribution in [1.82, 2.24) is 15.4 Å². The highest BCUT2D eigenvalue weighted by Crippen LogP contribution is 2.31. The van der Waals surface area contributed by atoms with E-state index < -0.39 is 12.3 Å². The number of ether oxygens (including phenoxy) is 2. The fraction of sp³-hybridized carbons (Fsp3) is 0.286. The standard InChI is InChI=1S/C21H21F3N4O3S.HI/c1-28(2,3)12-13-30-20(29)18-19(26-27-25-18)32-17-10-6-15(7-11-17)14-4-8-16(9-5-14)31-21(22,23)24;/h4-11H,12-13H2,1-3H3;1H. The third-order valence-electron chi connectivity index (χ3n) is 4.21. The van der Waals surface area contributed by atoms with Crippen molar-refractivity contribution in [2.45, 2.75) is 16.3 Å². The second-order valence-corrected chi connectivity index (χ2v) is 8.90. The SMILES string of the molecule is C[N+](C)(C)CCOC(=O)c1[nH]nnc1Sc1ccc(-c2ccc(OC(F)(F)F)cc2)cc1.[I-]. The number of carbonyl (C=O) groups is 1. The highest BCUT2D eigenvalue weighted by atomic mass is 127. The molecule has 0 radical (unpaired) electrons. The average molecular weight is 594 g/mol. The van der Waals surface area contributed by atoms with Crippen LogP contribution in [0, 0.1) is 0 Å². The third kappa shape index (κ3) is 8.51. The Morgan fingerprint density at radius 1 is 1.03 bits per heavy atom. The summed E-state index contributed by atoms with van der Waals surface area (Å²) in [5.41, 5.74) is 1.73. The fourth-order valence-corrected chi connectivity index (χ4v) is 3.39. The molecule has 0 aliphatic rings. The topological polar surface area (TPSA) is 77.1 Å². The molecule has 0 unspecified atom stereocenters. The molecular formula is C21H22F3IN4O3S. The number of aromatic nitrogens is 3. The van der Waals surface area contributed by atoms with Crippen molar-refractivity contribution >= 4 is 17.7 Å². The van der Waals surface area contributed by atoms with Crippen LogP contribution >= 0.6 is 11.8 Å². The van der Waals surface area contributed by atoms with Gasteiger partial charge in [0, 0.05) is 4.90 Å². The van der Waals surface area contributed by atoms with Crippen LogP contribution in [0.5, 0.6) is 5.75 Å². The molecule has 1 N–H and O–H groups in total. The molecule has 0 bridgehead atoms. The zero-order chi connectivity index (χ0) is 23.4. The summed E-state index contributed by atoms with van der Waals surface area (Å²) in [5.74, 6) is -0.802. The minimum absolute atomic E-state index is 0. The summed E-state index contributed by atoms with van der Waals surface area (Å²) in [6.07, 6.45) is -4.72. The van der Waals surface area contributed by atoms with E-state index in [1.54, 1.807) is 12.1 Å². The molecule has 0 amide bonds. The zero-order valence-corrected chi connectivity index (χ0v) is 21.0.